The molecule has 2 amide bonds. The summed E-state index contributed by atoms with van der Waals surface area (Å²) in [7, 11) is 1.62. The van der Waals surface area contributed by atoms with Crippen LogP contribution in [0.25, 0.3) is 0 Å². The quantitative estimate of drug-likeness (QED) is 0.855. The van der Waals surface area contributed by atoms with Gasteiger partial charge < -0.3 is 15.0 Å². The largest absolute Gasteiger partial charge is 0.497 e. The minimum atomic E-state index is -0.187. The highest BCUT2D eigenvalue weighted by atomic mass is 35.5. The van der Waals surface area contributed by atoms with Crippen LogP contribution in [0.5, 0.6) is 5.75 Å². The number of carbonyl (C=O) groups is 2. The van der Waals surface area contributed by atoms with Gasteiger partial charge in [0.05, 0.1) is 13.0 Å². The summed E-state index contributed by atoms with van der Waals surface area (Å²) in [6.45, 7) is 1.57. The zero-order chi connectivity index (χ0) is 19.2. The molecule has 0 spiro atoms. The smallest absolute Gasteiger partial charge is 0.253 e. The highest BCUT2D eigenvalue weighted by Crippen LogP contribution is 2.20. The summed E-state index contributed by atoms with van der Waals surface area (Å²) in [5, 5.41) is 3.58. The van der Waals surface area contributed by atoms with Crippen LogP contribution in [0, 0.1) is 5.92 Å². The molecule has 1 saturated heterocycles. The molecule has 0 saturated carbocycles. The summed E-state index contributed by atoms with van der Waals surface area (Å²) in [5.41, 5.74) is 1.60. The summed E-state index contributed by atoms with van der Waals surface area (Å²) < 4.78 is 5.14. The first kappa shape index (κ1) is 19.2. The molecule has 1 heterocycles. The molecule has 1 atom stereocenters. The average molecular weight is 387 g/mol. The summed E-state index contributed by atoms with van der Waals surface area (Å²) in [5.74, 6) is 0.528. The maximum absolute atomic E-state index is 12.7. The molecule has 1 N–H and O–H groups in total. The van der Waals surface area contributed by atoms with Crippen LogP contribution in [0.1, 0.15) is 28.8 Å². The molecule has 2 aromatic rings. The van der Waals surface area contributed by atoms with Gasteiger partial charge in [-0.1, -0.05) is 23.7 Å². The molecule has 6 heteroatoms. The SMILES string of the molecule is COc1ccc(CNC(=O)[C@@H]2CCCN(C(=O)c3ccc(Cl)cc3)C2)cc1. The van der Waals surface area contributed by atoms with Gasteiger partial charge in [0, 0.05) is 30.2 Å². The lowest BCUT2D eigenvalue weighted by atomic mass is 9.96. The third-order valence-corrected chi connectivity index (χ3v) is 5.05. The topological polar surface area (TPSA) is 58.6 Å². The van der Waals surface area contributed by atoms with Crippen LogP contribution < -0.4 is 10.1 Å². The molecule has 0 unspecified atom stereocenters. The van der Waals surface area contributed by atoms with Gasteiger partial charge in [-0.3, -0.25) is 9.59 Å². The predicted octanol–water partition coefficient (Wildman–Crippen LogP) is 3.52. The van der Waals surface area contributed by atoms with Gasteiger partial charge in [0.25, 0.3) is 5.91 Å². The second-order valence-electron chi connectivity index (χ2n) is 6.66. The Morgan fingerprint density at radius 3 is 2.52 bits per heavy atom. The van der Waals surface area contributed by atoms with E-state index in [9.17, 15) is 9.59 Å². The van der Waals surface area contributed by atoms with E-state index in [-0.39, 0.29) is 17.7 Å². The number of likely N-dealkylation sites (tertiary alicyclic amines) is 1. The van der Waals surface area contributed by atoms with E-state index in [2.05, 4.69) is 5.32 Å². The lowest BCUT2D eigenvalue weighted by molar-refractivity contribution is -0.126. The van der Waals surface area contributed by atoms with E-state index < -0.39 is 0 Å². The molecule has 0 radical (unpaired) electrons. The van der Waals surface area contributed by atoms with Gasteiger partial charge in [-0.2, -0.15) is 0 Å². The third kappa shape index (κ3) is 5.01. The number of methoxy groups -OCH3 is 1. The Kier molecular flexibility index (Phi) is 6.35. The lowest BCUT2D eigenvalue weighted by Crippen LogP contribution is -2.45. The van der Waals surface area contributed by atoms with Gasteiger partial charge in [0.15, 0.2) is 0 Å². The number of hydrogen-bond acceptors (Lipinski definition) is 3. The van der Waals surface area contributed by atoms with Gasteiger partial charge >= 0.3 is 0 Å². The van der Waals surface area contributed by atoms with Crippen LogP contribution in [-0.2, 0) is 11.3 Å². The van der Waals surface area contributed by atoms with Crippen LogP contribution in [-0.4, -0.2) is 36.9 Å². The first-order valence-corrected chi connectivity index (χ1v) is 9.40. The molecular weight excluding hydrogens is 364 g/mol. The fourth-order valence-corrected chi connectivity index (χ4v) is 3.35. The molecule has 5 nitrogen and oxygen atoms in total. The number of carbonyl (C=O) groups excluding carboxylic acids is 2. The molecule has 27 heavy (non-hydrogen) atoms. The Balaban J connectivity index is 1.55. The Labute approximate surface area is 164 Å². The van der Waals surface area contributed by atoms with Crippen molar-refractivity contribution >= 4 is 23.4 Å². The van der Waals surface area contributed by atoms with E-state index in [1.165, 1.54) is 0 Å². The fraction of sp³-hybridized carbons (Fsp3) is 0.333. The van der Waals surface area contributed by atoms with E-state index in [0.29, 0.717) is 30.2 Å². The minimum Gasteiger partial charge on any atom is -0.497 e. The lowest BCUT2D eigenvalue weighted by Gasteiger charge is -2.32. The molecule has 0 aromatic heterocycles. The number of halogens is 1. The normalized spacial score (nSPS) is 16.7. The van der Waals surface area contributed by atoms with Crippen molar-refractivity contribution in [1.82, 2.24) is 10.2 Å². The van der Waals surface area contributed by atoms with Gasteiger partial charge in [-0.15, -0.1) is 0 Å². The van der Waals surface area contributed by atoms with Gasteiger partial charge in [-0.05, 0) is 54.8 Å². The van der Waals surface area contributed by atoms with Gasteiger partial charge in [0.2, 0.25) is 5.91 Å². The van der Waals surface area contributed by atoms with Gasteiger partial charge in [0.1, 0.15) is 5.75 Å². The van der Waals surface area contributed by atoms with Crippen molar-refractivity contribution in [2.75, 3.05) is 20.2 Å². The van der Waals surface area contributed by atoms with Crippen molar-refractivity contribution in [2.24, 2.45) is 5.92 Å². The predicted molar refractivity (Wildman–Crippen MR) is 105 cm³/mol. The highest BCUT2D eigenvalue weighted by molar-refractivity contribution is 6.30. The van der Waals surface area contributed by atoms with Gasteiger partial charge in [-0.25, -0.2) is 0 Å². The number of nitrogens with one attached hydrogen (secondary N) is 1. The Bertz CT molecular complexity index is 790. The van der Waals surface area contributed by atoms with E-state index in [1.807, 2.05) is 24.3 Å². The molecular formula is C21H23ClN2O3. The number of ether oxygens (including phenoxy) is 1. The van der Waals surface area contributed by atoms with E-state index in [4.69, 9.17) is 16.3 Å². The molecule has 1 aliphatic rings. The minimum absolute atomic E-state index is 0.0144. The number of piperidine rings is 1. The Morgan fingerprint density at radius 1 is 1.15 bits per heavy atom. The molecule has 2 aromatic carbocycles. The number of benzene rings is 2. The van der Waals surface area contributed by atoms with E-state index in [1.54, 1.807) is 36.3 Å². The highest BCUT2D eigenvalue weighted by Gasteiger charge is 2.28. The Morgan fingerprint density at radius 2 is 1.85 bits per heavy atom. The second-order valence-corrected chi connectivity index (χ2v) is 7.10. The molecule has 1 aliphatic heterocycles. The molecule has 3 rings (SSSR count). The van der Waals surface area contributed by atoms with Crippen LogP contribution >= 0.6 is 11.6 Å². The van der Waals surface area contributed by atoms with Crippen LogP contribution in [0.3, 0.4) is 0 Å². The number of hydrogen-bond donors (Lipinski definition) is 1. The van der Waals surface area contributed by atoms with Crippen molar-refractivity contribution in [2.45, 2.75) is 19.4 Å². The first-order chi connectivity index (χ1) is 13.1. The van der Waals surface area contributed by atoms with Crippen molar-refractivity contribution in [3.8, 4) is 5.75 Å². The molecule has 0 aliphatic carbocycles. The first-order valence-electron chi connectivity index (χ1n) is 9.02. The van der Waals surface area contributed by atoms with Crippen molar-refractivity contribution in [3.63, 3.8) is 0 Å². The van der Waals surface area contributed by atoms with Crippen molar-refractivity contribution in [3.05, 3.63) is 64.7 Å². The zero-order valence-electron chi connectivity index (χ0n) is 15.3. The zero-order valence-corrected chi connectivity index (χ0v) is 16.0. The summed E-state index contributed by atoms with van der Waals surface area (Å²) in [4.78, 5) is 27.0. The standard InChI is InChI=1S/C21H23ClN2O3/c1-27-19-10-4-15(5-11-19)13-23-20(25)17-3-2-12-24(14-17)21(26)16-6-8-18(22)9-7-16/h4-11,17H,2-3,12-14H2,1H3,(H,23,25)/t17-/m1/s1. The van der Waals surface area contributed by atoms with Crippen molar-refractivity contribution < 1.29 is 14.3 Å². The summed E-state index contributed by atoms with van der Waals surface area (Å²) >= 11 is 5.88. The second kappa shape index (κ2) is 8.91. The molecule has 0 bridgehead atoms. The van der Waals surface area contributed by atoms with Crippen LogP contribution in [0.4, 0.5) is 0 Å². The van der Waals surface area contributed by atoms with E-state index >= 15 is 0 Å². The number of rotatable bonds is 5. The fourth-order valence-electron chi connectivity index (χ4n) is 3.23. The molecule has 1 fully saturated rings. The average Bonchev–Trinajstić information content (AvgIpc) is 2.72. The summed E-state index contributed by atoms with van der Waals surface area (Å²) in [6.07, 6.45) is 1.61. The number of amides is 2. The third-order valence-electron chi connectivity index (χ3n) is 4.80. The maximum atomic E-state index is 12.7. The maximum Gasteiger partial charge on any atom is 0.253 e. The van der Waals surface area contributed by atoms with Crippen LogP contribution in [0.2, 0.25) is 5.02 Å². The summed E-state index contributed by atoms with van der Waals surface area (Å²) in [6, 6.07) is 14.4. The monoisotopic (exact) mass is 386 g/mol. The number of nitrogens with zero attached hydrogens (tertiary/aromatic N) is 1. The van der Waals surface area contributed by atoms with Crippen molar-refractivity contribution in [1.29, 1.82) is 0 Å². The molecule has 142 valence electrons. The van der Waals surface area contributed by atoms with Crippen LogP contribution in [0.15, 0.2) is 48.5 Å². The van der Waals surface area contributed by atoms with E-state index in [0.717, 1.165) is 24.2 Å². The Hall–Kier alpha value is -2.53.